The molecule has 1 aromatic carbocycles. The van der Waals surface area contributed by atoms with Gasteiger partial charge in [-0.1, -0.05) is 12.1 Å². The maximum absolute atomic E-state index is 13.2. The summed E-state index contributed by atoms with van der Waals surface area (Å²) in [4.78, 5) is 6.76. The van der Waals surface area contributed by atoms with Gasteiger partial charge in [-0.15, -0.1) is 24.0 Å². The molecule has 0 bridgehead atoms. The molecule has 24 heavy (non-hydrogen) atoms. The second-order valence-electron chi connectivity index (χ2n) is 6.68. The van der Waals surface area contributed by atoms with Gasteiger partial charge in [0.2, 0.25) is 0 Å². The van der Waals surface area contributed by atoms with Crippen molar-refractivity contribution in [2.75, 3.05) is 39.9 Å². The van der Waals surface area contributed by atoms with E-state index in [-0.39, 0.29) is 29.8 Å². The monoisotopic (exact) mass is 447 g/mol. The molecule has 1 N–H and O–H groups in total. The lowest BCUT2D eigenvalue weighted by Gasteiger charge is -2.25. The average molecular weight is 447 g/mol. The lowest BCUT2D eigenvalue weighted by molar-refractivity contribution is 0.156. The number of aryl methyl sites for hydroxylation is 1. The van der Waals surface area contributed by atoms with Gasteiger partial charge in [0.05, 0.1) is 6.61 Å². The van der Waals surface area contributed by atoms with Crippen LogP contribution in [0.25, 0.3) is 0 Å². The van der Waals surface area contributed by atoms with E-state index >= 15 is 0 Å². The van der Waals surface area contributed by atoms with E-state index in [0.717, 1.165) is 57.2 Å². The molecule has 3 rings (SSSR count). The van der Waals surface area contributed by atoms with Gasteiger partial charge in [-0.3, -0.25) is 4.99 Å². The third-order valence-corrected chi connectivity index (χ3v) is 4.95. The molecule has 0 aliphatic carbocycles. The van der Waals surface area contributed by atoms with Gasteiger partial charge in [-0.25, -0.2) is 4.39 Å². The van der Waals surface area contributed by atoms with Gasteiger partial charge in [0.25, 0.3) is 0 Å². The fourth-order valence-electron chi connectivity index (χ4n) is 3.60. The van der Waals surface area contributed by atoms with Gasteiger partial charge >= 0.3 is 0 Å². The quantitative estimate of drug-likeness (QED) is 0.334. The first-order valence-corrected chi connectivity index (χ1v) is 8.49. The molecule has 2 saturated heterocycles. The van der Waals surface area contributed by atoms with Crippen LogP contribution >= 0.6 is 24.0 Å². The molecule has 0 aromatic heterocycles. The summed E-state index contributed by atoms with van der Waals surface area (Å²) in [7, 11) is 1.84. The van der Waals surface area contributed by atoms with Gasteiger partial charge in [-0.2, -0.15) is 0 Å². The van der Waals surface area contributed by atoms with Gasteiger partial charge in [-0.05, 0) is 43.4 Å². The van der Waals surface area contributed by atoms with Gasteiger partial charge in [0, 0.05) is 38.7 Å². The first-order valence-electron chi connectivity index (χ1n) is 8.49. The van der Waals surface area contributed by atoms with Gasteiger partial charge in [0.1, 0.15) is 5.82 Å². The molecule has 1 atom stereocenters. The Bertz CT molecular complexity index is 561. The van der Waals surface area contributed by atoms with E-state index in [2.05, 4.69) is 15.2 Å². The number of aliphatic imine (C=N–C) groups is 1. The van der Waals surface area contributed by atoms with Crippen LogP contribution in [0.4, 0.5) is 4.39 Å². The number of benzene rings is 1. The Balaban J connectivity index is 0.00000208. The van der Waals surface area contributed by atoms with Gasteiger partial charge < -0.3 is 15.0 Å². The summed E-state index contributed by atoms with van der Waals surface area (Å²) in [6.45, 7) is 4.72. The van der Waals surface area contributed by atoms with Crippen LogP contribution in [0, 0.1) is 11.2 Å². The van der Waals surface area contributed by atoms with Crippen LogP contribution in [0.5, 0.6) is 0 Å². The Labute approximate surface area is 160 Å². The summed E-state index contributed by atoms with van der Waals surface area (Å²) in [5.74, 6) is 0.820. The molecule has 134 valence electrons. The fourth-order valence-corrected chi connectivity index (χ4v) is 3.60. The van der Waals surface area contributed by atoms with Crippen molar-refractivity contribution in [1.29, 1.82) is 0 Å². The van der Waals surface area contributed by atoms with E-state index < -0.39 is 0 Å². The molecular formula is C18H27FIN3O. The van der Waals surface area contributed by atoms with Crippen molar-refractivity contribution in [2.24, 2.45) is 10.4 Å². The number of likely N-dealkylation sites (tertiary alicyclic amines) is 1. The highest BCUT2D eigenvalue weighted by atomic mass is 127. The first kappa shape index (κ1) is 19.4. The van der Waals surface area contributed by atoms with Crippen LogP contribution in [0.1, 0.15) is 24.8 Å². The molecule has 6 heteroatoms. The molecule has 2 aliphatic rings. The molecule has 1 unspecified atom stereocenters. The number of ether oxygens (including phenoxy) is 1. The number of hydrogen-bond acceptors (Lipinski definition) is 2. The molecule has 1 aromatic rings. The van der Waals surface area contributed by atoms with Crippen LogP contribution < -0.4 is 5.32 Å². The molecular weight excluding hydrogens is 420 g/mol. The van der Waals surface area contributed by atoms with Crippen molar-refractivity contribution in [3.05, 3.63) is 35.6 Å². The zero-order valence-corrected chi connectivity index (χ0v) is 16.6. The van der Waals surface area contributed by atoms with Crippen molar-refractivity contribution < 1.29 is 9.13 Å². The van der Waals surface area contributed by atoms with Crippen LogP contribution in [0.3, 0.4) is 0 Å². The van der Waals surface area contributed by atoms with E-state index in [0.29, 0.717) is 5.41 Å². The smallest absolute Gasteiger partial charge is 0.193 e. The molecule has 0 amide bonds. The summed E-state index contributed by atoms with van der Waals surface area (Å²) in [6, 6.07) is 6.84. The highest BCUT2D eigenvalue weighted by Gasteiger charge is 2.42. The van der Waals surface area contributed by atoms with Crippen molar-refractivity contribution in [3.63, 3.8) is 0 Å². The number of halogens is 2. The number of guanidine groups is 1. The standard InChI is InChI=1S/C18H26FN3O.HI/c1-20-17(22-10-7-18(13-22)8-11-23-14-18)21-9-3-5-15-4-2-6-16(19)12-15;/h2,4,6,12H,3,5,7-11,13-14H2,1H3,(H,20,21);1H. The predicted molar refractivity (Wildman–Crippen MR) is 106 cm³/mol. The zero-order chi connectivity index (χ0) is 16.1. The minimum absolute atomic E-state index is 0. The maximum atomic E-state index is 13.2. The van der Waals surface area contributed by atoms with E-state index in [9.17, 15) is 4.39 Å². The Morgan fingerprint density at radius 1 is 1.42 bits per heavy atom. The predicted octanol–water partition coefficient (Wildman–Crippen LogP) is 3.06. The second kappa shape index (κ2) is 8.99. The molecule has 2 fully saturated rings. The van der Waals surface area contributed by atoms with E-state index in [1.54, 1.807) is 12.1 Å². The molecule has 1 spiro atoms. The molecule has 0 radical (unpaired) electrons. The summed E-state index contributed by atoms with van der Waals surface area (Å²) in [5, 5.41) is 3.44. The summed E-state index contributed by atoms with van der Waals surface area (Å²) >= 11 is 0. The lowest BCUT2D eigenvalue weighted by atomic mass is 9.87. The Morgan fingerprint density at radius 2 is 2.29 bits per heavy atom. The zero-order valence-electron chi connectivity index (χ0n) is 14.3. The molecule has 0 saturated carbocycles. The number of nitrogens with one attached hydrogen (secondary N) is 1. The van der Waals surface area contributed by atoms with Crippen molar-refractivity contribution in [3.8, 4) is 0 Å². The van der Waals surface area contributed by atoms with E-state index in [1.807, 2.05) is 13.1 Å². The van der Waals surface area contributed by atoms with Crippen LogP contribution in [0.15, 0.2) is 29.3 Å². The van der Waals surface area contributed by atoms with Crippen molar-refractivity contribution >= 4 is 29.9 Å². The van der Waals surface area contributed by atoms with Crippen molar-refractivity contribution in [2.45, 2.75) is 25.7 Å². The lowest BCUT2D eigenvalue weighted by Crippen LogP contribution is -2.41. The van der Waals surface area contributed by atoms with Crippen LogP contribution in [0.2, 0.25) is 0 Å². The van der Waals surface area contributed by atoms with E-state index in [1.165, 1.54) is 18.9 Å². The minimum atomic E-state index is -0.160. The average Bonchev–Trinajstić information content (AvgIpc) is 3.18. The summed E-state index contributed by atoms with van der Waals surface area (Å²) in [5.41, 5.74) is 1.39. The van der Waals surface area contributed by atoms with Crippen molar-refractivity contribution in [1.82, 2.24) is 10.2 Å². The van der Waals surface area contributed by atoms with Gasteiger partial charge in [0.15, 0.2) is 5.96 Å². The minimum Gasteiger partial charge on any atom is -0.381 e. The van der Waals surface area contributed by atoms with Crippen LogP contribution in [-0.4, -0.2) is 50.8 Å². The third-order valence-electron chi connectivity index (χ3n) is 4.95. The topological polar surface area (TPSA) is 36.9 Å². The fraction of sp³-hybridized carbons (Fsp3) is 0.611. The highest BCUT2D eigenvalue weighted by Crippen LogP contribution is 2.38. The first-order chi connectivity index (χ1) is 11.2. The SMILES string of the molecule is CN=C(NCCCc1cccc(F)c1)N1CCC2(CCOC2)C1.I. The highest BCUT2D eigenvalue weighted by molar-refractivity contribution is 14.0. The van der Waals surface area contributed by atoms with E-state index in [4.69, 9.17) is 4.74 Å². The molecule has 2 heterocycles. The Kier molecular flexibility index (Phi) is 7.28. The maximum Gasteiger partial charge on any atom is 0.193 e. The van der Waals surface area contributed by atoms with Crippen LogP contribution in [-0.2, 0) is 11.2 Å². The summed E-state index contributed by atoms with van der Waals surface area (Å²) in [6.07, 6.45) is 4.20. The third kappa shape index (κ3) is 4.81. The number of nitrogens with zero attached hydrogens (tertiary/aromatic N) is 2. The number of hydrogen-bond donors (Lipinski definition) is 1. The second-order valence-corrected chi connectivity index (χ2v) is 6.68. The Hall–Kier alpha value is -0.890. The molecule has 4 nitrogen and oxygen atoms in total. The molecule has 2 aliphatic heterocycles. The normalized spacial score (nSPS) is 23.6. The number of rotatable bonds is 4. The largest absolute Gasteiger partial charge is 0.381 e. The Morgan fingerprint density at radius 3 is 3.00 bits per heavy atom. The summed E-state index contributed by atoms with van der Waals surface area (Å²) < 4.78 is 18.7.